The zero-order valence-corrected chi connectivity index (χ0v) is 33.4. The fraction of sp³-hybridized carbons (Fsp3) is 0.475. The van der Waals surface area contributed by atoms with Gasteiger partial charge in [-0.25, -0.2) is 14.4 Å². The topological polar surface area (TPSA) is 97.4 Å². The highest BCUT2D eigenvalue weighted by Crippen LogP contribution is 2.64. The Bertz CT molecular complexity index is 2060. The first-order valence-electron chi connectivity index (χ1n) is 18.7. The monoisotopic (exact) mass is 966 g/mol. The van der Waals surface area contributed by atoms with E-state index in [0.717, 1.165) is 63.3 Å². The predicted octanol–water partition coefficient (Wildman–Crippen LogP) is 12.2. The van der Waals surface area contributed by atoms with Crippen LogP contribution in [0, 0.1) is 0 Å². The summed E-state index contributed by atoms with van der Waals surface area (Å²) in [4.78, 5) is 37.4. The number of unbranched alkanes of at least 4 members (excludes halogenated alkanes) is 4. The van der Waals surface area contributed by atoms with Gasteiger partial charge in [0, 0.05) is 0 Å². The van der Waals surface area contributed by atoms with Crippen LogP contribution < -0.4 is 18.9 Å². The van der Waals surface area contributed by atoms with Crippen LogP contribution in [0.4, 0.5) is 74.6 Å². The summed E-state index contributed by atoms with van der Waals surface area (Å²) >= 11 is 0. The van der Waals surface area contributed by atoms with Gasteiger partial charge in [0.15, 0.2) is 6.10 Å². The van der Waals surface area contributed by atoms with Crippen molar-refractivity contribution in [3.63, 3.8) is 0 Å². The molecular weight excluding hydrogens is 931 g/mol. The Morgan fingerprint density at radius 3 is 1.31 bits per heavy atom. The van der Waals surface area contributed by atoms with Crippen LogP contribution in [0.15, 0.2) is 72.8 Å². The highest BCUT2D eigenvalue weighted by molar-refractivity contribution is 5.92. The Kier molecular flexibility index (Phi) is 16.8. The second-order valence-electron chi connectivity index (χ2n) is 13.9. The lowest BCUT2D eigenvalue weighted by Crippen LogP contribution is -2.74. The van der Waals surface area contributed by atoms with Crippen molar-refractivity contribution >= 4 is 17.9 Å². The number of carbonyl (C=O) groups is 3. The van der Waals surface area contributed by atoms with Gasteiger partial charge in [0.2, 0.25) is 0 Å². The van der Waals surface area contributed by atoms with Crippen molar-refractivity contribution in [2.45, 2.75) is 106 Å². The number of halogens is 17. The smallest absolute Gasteiger partial charge is 0.460 e. The first-order valence-corrected chi connectivity index (χ1v) is 18.7. The minimum Gasteiger partial charge on any atom is -0.494 e. The fourth-order valence-electron chi connectivity index (χ4n) is 5.16. The van der Waals surface area contributed by atoms with Gasteiger partial charge >= 0.3 is 65.5 Å². The second-order valence-corrected chi connectivity index (χ2v) is 13.9. The van der Waals surface area contributed by atoms with Crippen LogP contribution in [0.1, 0.15) is 73.1 Å². The minimum absolute atomic E-state index is 0.0245. The maximum Gasteiger partial charge on any atom is 0.460 e. The third-order valence-electron chi connectivity index (χ3n) is 9.03. The number of rotatable bonds is 23. The first kappa shape index (κ1) is 53.8. The number of alkyl halides is 17. The van der Waals surface area contributed by atoms with Crippen molar-refractivity contribution in [1.29, 1.82) is 0 Å². The van der Waals surface area contributed by atoms with Crippen molar-refractivity contribution in [1.82, 2.24) is 0 Å². The number of esters is 3. The van der Waals surface area contributed by atoms with Crippen molar-refractivity contribution in [2.75, 3.05) is 13.2 Å². The van der Waals surface area contributed by atoms with Crippen LogP contribution in [-0.4, -0.2) is 84.9 Å². The van der Waals surface area contributed by atoms with Crippen molar-refractivity contribution < 1.29 is 113 Å². The standard InChI is InChI=1S/C40H35F17O8/c1-3-4-5-6-7-21-61-26-12-8-24(9-13-26)31(59)64-28-14-10-25(11-15-28)32(60)65-29-18-16-27(17-19-29)63-23(2)30(58)62-22-20-33(41,42)34(43,44)35(45,46)36(47,48)37(49,50)38(51,52)39(53,54)40(55,56)57/h8-19,23H,3-7,20-22H2,1-2H3/t23-/m0/s1. The molecule has 25 heteroatoms. The molecule has 0 unspecified atom stereocenters. The summed E-state index contributed by atoms with van der Waals surface area (Å²) in [7, 11) is 0. The molecule has 0 heterocycles. The Morgan fingerprint density at radius 1 is 0.477 bits per heavy atom. The maximum atomic E-state index is 14.2. The van der Waals surface area contributed by atoms with Crippen molar-refractivity contribution in [2.24, 2.45) is 0 Å². The third-order valence-corrected chi connectivity index (χ3v) is 9.03. The lowest BCUT2D eigenvalue weighted by atomic mass is 9.88. The van der Waals surface area contributed by atoms with Gasteiger partial charge in [-0.3, -0.25) is 0 Å². The molecule has 0 spiro atoms. The van der Waals surface area contributed by atoms with Gasteiger partial charge < -0.3 is 23.7 Å². The van der Waals surface area contributed by atoms with Crippen LogP contribution in [0.2, 0.25) is 0 Å². The molecule has 8 nitrogen and oxygen atoms in total. The molecule has 0 N–H and O–H groups in total. The van der Waals surface area contributed by atoms with E-state index in [2.05, 4.69) is 11.7 Å². The van der Waals surface area contributed by atoms with Crippen LogP contribution in [0.3, 0.4) is 0 Å². The first-order chi connectivity index (χ1) is 29.8. The summed E-state index contributed by atoms with van der Waals surface area (Å²) in [6, 6.07) is 15.6. The molecule has 3 rings (SSSR count). The van der Waals surface area contributed by atoms with Gasteiger partial charge in [0.1, 0.15) is 23.0 Å². The predicted molar refractivity (Wildman–Crippen MR) is 190 cm³/mol. The Labute approximate surface area is 356 Å². The minimum atomic E-state index is -8.76. The lowest BCUT2D eigenvalue weighted by Gasteiger charge is -2.42. The van der Waals surface area contributed by atoms with E-state index >= 15 is 0 Å². The van der Waals surface area contributed by atoms with E-state index in [1.807, 2.05) is 0 Å². The van der Waals surface area contributed by atoms with Crippen molar-refractivity contribution in [3.8, 4) is 23.0 Å². The van der Waals surface area contributed by atoms with Crippen LogP contribution >= 0.6 is 0 Å². The third kappa shape index (κ3) is 11.7. The van der Waals surface area contributed by atoms with Crippen LogP contribution in [0.25, 0.3) is 0 Å². The molecule has 0 amide bonds. The molecule has 3 aromatic carbocycles. The summed E-state index contributed by atoms with van der Waals surface area (Å²) in [5, 5.41) is 0. The average molecular weight is 967 g/mol. The van der Waals surface area contributed by atoms with E-state index in [4.69, 9.17) is 18.9 Å². The molecule has 0 saturated heterocycles. The summed E-state index contributed by atoms with van der Waals surface area (Å²) in [6.45, 7) is 1.32. The summed E-state index contributed by atoms with van der Waals surface area (Å²) in [5.41, 5.74) is 0.193. The Hall–Kier alpha value is -5.52. The summed E-state index contributed by atoms with van der Waals surface area (Å²) in [6.07, 6.45) is -7.41. The largest absolute Gasteiger partial charge is 0.494 e. The number of hydrogen-bond acceptors (Lipinski definition) is 8. The highest BCUT2D eigenvalue weighted by atomic mass is 19.4. The van der Waals surface area contributed by atoms with E-state index in [0.29, 0.717) is 12.4 Å². The molecule has 0 saturated carbocycles. The van der Waals surface area contributed by atoms with Gasteiger partial charge in [-0.2, -0.15) is 74.6 Å². The fourth-order valence-corrected chi connectivity index (χ4v) is 5.16. The number of ether oxygens (including phenoxy) is 5. The molecule has 1 atom stereocenters. The molecule has 0 aliphatic rings. The molecule has 65 heavy (non-hydrogen) atoms. The molecule has 0 aliphatic carbocycles. The molecule has 362 valence electrons. The van der Waals surface area contributed by atoms with Gasteiger partial charge in [-0.1, -0.05) is 32.6 Å². The van der Waals surface area contributed by atoms with Crippen LogP contribution in [-0.2, 0) is 9.53 Å². The Morgan fingerprint density at radius 2 is 0.862 bits per heavy atom. The quantitative estimate of drug-likeness (QED) is 0.0401. The van der Waals surface area contributed by atoms with Gasteiger partial charge in [0.25, 0.3) is 0 Å². The molecule has 0 aromatic heterocycles. The maximum absolute atomic E-state index is 14.2. The molecule has 0 aliphatic heterocycles. The zero-order chi connectivity index (χ0) is 49.5. The normalized spacial score (nSPS) is 13.8. The Balaban J connectivity index is 1.52. The van der Waals surface area contributed by atoms with Crippen molar-refractivity contribution in [3.05, 3.63) is 83.9 Å². The van der Waals surface area contributed by atoms with Crippen LogP contribution in [0.5, 0.6) is 23.0 Å². The van der Waals surface area contributed by atoms with E-state index in [1.54, 1.807) is 12.1 Å². The van der Waals surface area contributed by atoms with Gasteiger partial charge in [-0.05, 0) is 86.1 Å². The molecule has 3 aromatic rings. The molecule has 0 fully saturated rings. The highest BCUT2D eigenvalue weighted by Gasteiger charge is 2.95. The van der Waals surface area contributed by atoms with E-state index in [1.165, 1.54) is 36.4 Å². The zero-order valence-electron chi connectivity index (χ0n) is 33.4. The average Bonchev–Trinajstić information content (AvgIpc) is 3.22. The van der Waals surface area contributed by atoms with E-state index in [9.17, 15) is 89.0 Å². The van der Waals surface area contributed by atoms with E-state index < -0.39 is 84.7 Å². The lowest BCUT2D eigenvalue weighted by molar-refractivity contribution is -0.461. The second kappa shape index (κ2) is 20.3. The SMILES string of the molecule is CCCCCCCOc1ccc(C(=O)Oc2ccc(C(=O)Oc3ccc(O[C@@H](C)C(=O)OCCC(F)(F)C(F)(F)C(F)(F)C(F)(F)C(F)(F)C(F)(F)C(F)(F)C(F)(F)F)cc3)cc2)cc1. The van der Waals surface area contributed by atoms with E-state index in [-0.39, 0.29) is 28.4 Å². The molecule has 0 bridgehead atoms. The summed E-state index contributed by atoms with van der Waals surface area (Å²) in [5.74, 6) is -60.7. The summed E-state index contributed by atoms with van der Waals surface area (Å²) < 4.78 is 254. The number of carbonyl (C=O) groups excluding carboxylic acids is 3. The molecule has 0 radical (unpaired) electrons. The number of benzene rings is 3. The van der Waals surface area contributed by atoms with Gasteiger partial charge in [0.05, 0.1) is 30.8 Å². The number of hydrogen-bond donors (Lipinski definition) is 0. The molecular formula is C40H35F17O8. The van der Waals surface area contributed by atoms with Gasteiger partial charge in [-0.15, -0.1) is 0 Å².